The number of halogens is 1. The van der Waals surface area contributed by atoms with Crippen LogP contribution in [-0.4, -0.2) is 44.9 Å². The fourth-order valence-electron chi connectivity index (χ4n) is 3.66. The van der Waals surface area contributed by atoms with Gasteiger partial charge in [0.15, 0.2) is 5.65 Å². The van der Waals surface area contributed by atoms with Gasteiger partial charge in [0.25, 0.3) is 5.56 Å². The highest BCUT2D eigenvalue weighted by atomic mass is 32.2. The van der Waals surface area contributed by atoms with Crippen LogP contribution in [0.15, 0.2) is 38.8 Å². The van der Waals surface area contributed by atoms with Gasteiger partial charge in [-0.1, -0.05) is 0 Å². The number of hydrogen-bond donors (Lipinski definition) is 1. The second-order valence-corrected chi connectivity index (χ2v) is 9.10. The maximum atomic E-state index is 13.1. The standard InChI is InChI=1S/C18H20FN5O4S/c1-22-16-14(17(25)23(2)18(22)26)20-15(21-16)11-7-9-24(10-8-11)29(27,28)13-5-3-12(19)4-6-13/h3-6,11H,7-10H2,1-2H3,(H,20,21). The molecule has 0 radical (unpaired) electrons. The Balaban J connectivity index is 1.58. The lowest BCUT2D eigenvalue weighted by atomic mass is 9.97. The largest absolute Gasteiger partial charge is 0.336 e. The highest BCUT2D eigenvalue weighted by molar-refractivity contribution is 7.89. The van der Waals surface area contributed by atoms with Gasteiger partial charge in [-0.2, -0.15) is 4.31 Å². The van der Waals surface area contributed by atoms with Crippen LogP contribution in [0.4, 0.5) is 4.39 Å². The van der Waals surface area contributed by atoms with Crippen LogP contribution in [0.1, 0.15) is 24.6 Å². The quantitative estimate of drug-likeness (QED) is 0.668. The van der Waals surface area contributed by atoms with Crippen molar-refractivity contribution in [3.63, 3.8) is 0 Å². The first-order chi connectivity index (χ1) is 13.7. The number of rotatable bonds is 3. The minimum Gasteiger partial charge on any atom is -0.336 e. The molecule has 0 saturated carbocycles. The first-order valence-corrected chi connectivity index (χ1v) is 10.6. The lowest BCUT2D eigenvalue weighted by Crippen LogP contribution is -2.38. The maximum Gasteiger partial charge on any atom is 0.332 e. The molecule has 1 aliphatic rings. The Morgan fingerprint density at radius 2 is 1.69 bits per heavy atom. The molecule has 2 aromatic heterocycles. The first kappa shape index (κ1) is 19.5. The molecular weight excluding hydrogens is 401 g/mol. The van der Waals surface area contributed by atoms with Gasteiger partial charge in [0.05, 0.1) is 4.90 Å². The molecule has 4 rings (SSSR count). The van der Waals surface area contributed by atoms with Crippen LogP contribution in [0.25, 0.3) is 11.2 Å². The molecule has 0 unspecified atom stereocenters. The van der Waals surface area contributed by atoms with Crippen molar-refractivity contribution in [3.05, 3.63) is 56.7 Å². The van der Waals surface area contributed by atoms with E-state index in [-0.39, 0.29) is 35.1 Å². The Hall–Kier alpha value is -2.79. The molecule has 3 heterocycles. The van der Waals surface area contributed by atoms with E-state index in [1.807, 2.05) is 0 Å². The molecule has 1 fully saturated rings. The zero-order valence-electron chi connectivity index (χ0n) is 15.9. The molecule has 0 amide bonds. The summed E-state index contributed by atoms with van der Waals surface area (Å²) >= 11 is 0. The van der Waals surface area contributed by atoms with Crippen LogP contribution in [0, 0.1) is 5.82 Å². The van der Waals surface area contributed by atoms with E-state index in [0.717, 1.165) is 16.7 Å². The van der Waals surface area contributed by atoms with Gasteiger partial charge in [0.2, 0.25) is 10.0 Å². The fraction of sp³-hybridized carbons (Fsp3) is 0.389. The first-order valence-electron chi connectivity index (χ1n) is 9.11. The number of aromatic nitrogens is 4. The van der Waals surface area contributed by atoms with Crippen molar-refractivity contribution < 1.29 is 12.8 Å². The smallest absolute Gasteiger partial charge is 0.332 e. The predicted molar refractivity (Wildman–Crippen MR) is 104 cm³/mol. The van der Waals surface area contributed by atoms with Crippen LogP contribution in [0.2, 0.25) is 0 Å². The monoisotopic (exact) mass is 421 g/mol. The number of hydrogen-bond acceptors (Lipinski definition) is 5. The third kappa shape index (κ3) is 3.19. The lowest BCUT2D eigenvalue weighted by Gasteiger charge is -2.30. The van der Waals surface area contributed by atoms with Gasteiger partial charge >= 0.3 is 5.69 Å². The molecule has 1 N–H and O–H groups in total. The van der Waals surface area contributed by atoms with Crippen molar-refractivity contribution in [1.82, 2.24) is 23.4 Å². The van der Waals surface area contributed by atoms with E-state index >= 15 is 0 Å². The Labute approximate surface area is 165 Å². The third-order valence-electron chi connectivity index (χ3n) is 5.41. The van der Waals surface area contributed by atoms with Crippen LogP contribution >= 0.6 is 0 Å². The summed E-state index contributed by atoms with van der Waals surface area (Å²) in [6.45, 7) is 0.552. The molecule has 0 aliphatic carbocycles. The molecule has 1 saturated heterocycles. The van der Waals surface area contributed by atoms with E-state index in [9.17, 15) is 22.4 Å². The number of piperidine rings is 1. The molecule has 154 valence electrons. The number of imidazole rings is 1. The van der Waals surface area contributed by atoms with E-state index in [1.54, 1.807) is 7.05 Å². The summed E-state index contributed by atoms with van der Waals surface area (Å²) in [7, 11) is -0.742. The summed E-state index contributed by atoms with van der Waals surface area (Å²) < 4.78 is 42.3. The van der Waals surface area contributed by atoms with E-state index in [4.69, 9.17) is 0 Å². The maximum absolute atomic E-state index is 13.1. The average Bonchev–Trinajstić information content (AvgIpc) is 3.17. The minimum atomic E-state index is -3.70. The second kappa shape index (κ2) is 6.92. The number of benzene rings is 1. The number of aromatic amines is 1. The van der Waals surface area contributed by atoms with E-state index in [0.29, 0.717) is 18.7 Å². The van der Waals surface area contributed by atoms with Crippen LogP contribution in [0.3, 0.4) is 0 Å². The van der Waals surface area contributed by atoms with Gasteiger partial charge in [-0.15, -0.1) is 0 Å². The number of aryl methyl sites for hydroxylation is 1. The van der Waals surface area contributed by atoms with E-state index in [1.165, 1.54) is 28.1 Å². The summed E-state index contributed by atoms with van der Waals surface area (Å²) in [6, 6.07) is 4.76. The summed E-state index contributed by atoms with van der Waals surface area (Å²) in [6.07, 6.45) is 1.02. The summed E-state index contributed by atoms with van der Waals surface area (Å²) in [5, 5.41) is 0. The van der Waals surface area contributed by atoms with Gasteiger partial charge in [0, 0.05) is 33.1 Å². The van der Waals surface area contributed by atoms with Crippen molar-refractivity contribution in [2.75, 3.05) is 13.1 Å². The summed E-state index contributed by atoms with van der Waals surface area (Å²) in [5.74, 6) is 0.00657. The zero-order chi connectivity index (χ0) is 20.9. The molecule has 3 aromatic rings. The van der Waals surface area contributed by atoms with Crippen LogP contribution in [-0.2, 0) is 24.1 Å². The van der Waals surface area contributed by atoms with Crippen LogP contribution < -0.4 is 11.2 Å². The molecule has 9 nitrogen and oxygen atoms in total. The fourth-order valence-corrected chi connectivity index (χ4v) is 5.13. The highest BCUT2D eigenvalue weighted by Gasteiger charge is 2.31. The van der Waals surface area contributed by atoms with Crippen molar-refractivity contribution in [3.8, 4) is 0 Å². The normalized spacial score (nSPS) is 16.5. The summed E-state index contributed by atoms with van der Waals surface area (Å²) in [5.41, 5.74) is -0.362. The number of nitrogens with one attached hydrogen (secondary N) is 1. The van der Waals surface area contributed by atoms with Crippen molar-refractivity contribution >= 4 is 21.2 Å². The highest BCUT2D eigenvalue weighted by Crippen LogP contribution is 2.30. The summed E-state index contributed by atoms with van der Waals surface area (Å²) in [4.78, 5) is 31.9. The number of nitrogens with zero attached hydrogens (tertiary/aromatic N) is 4. The van der Waals surface area contributed by atoms with Crippen molar-refractivity contribution in [2.24, 2.45) is 14.1 Å². The van der Waals surface area contributed by atoms with Crippen LogP contribution in [0.5, 0.6) is 0 Å². The molecule has 11 heteroatoms. The SMILES string of the molecule is Cn1c(=O)c2[nH]c(C3CCN(S(=O)(=O)c4ccc(F)cc4)CC3)nc2n(C)c1=O. The van der Waals surface area contributed by atoms with Gasteiger partial charge in [-0.3, -0.25) is 13.9 Å². The number of fused-ring (bicyclic) bond motifs is 1. The Morgan fingerprint density at radius 1 is 1.07 bits per heavy atom. The lowest BCUT2D eigenvalue weighted by molar-refractivity contribution is 0.314. The van der Waals surface area contributed by atoms with Gasteiger partial charge < -0.3 is 4.98 Å². The Bertz CT molecular complexity index is 1300. The average molecular weight is 421 g/mol. The number of H-pyrrole nitrogens is 1. The van der Waals surface area contributed by atoms with Gasteiger partial charge in [0.1, 0.15) is 17.2 Å². The van der Waals surface area contributed by atoms with Gasteiger partial charge in [-0.05, 0) is 37.1 Å². The van der Waals surface area contributed by atoms with E-state index in [2.05, 4.69) is 9.97 Å². The third-order valence-corrected chi connectivity index (χ3v) is 7.32. The minimum absolute atomic E-state index is 0.0552. The molecule has 0 spiro atoms. The molecule has 1 aliphatic heterocycles. The number of sulfonamides is 1. The molecule has 0 atom stereocenters. The molecule has 29 heavy (non-hydrogen) atoms. The zero-order valence-corrected chi connectivity index (χ0v) is 16.7. The van der Waals surface area contributed by atoms with Gasteiger partial charge in [-0.25, -0.2) is 22.6 Å². The van der Waals surface area contributed by atoms with Crippen molar-refractivity contribution in [2.45, 2.75) is 23.7 Å². The molecule has 1 aromatic carbocycles. The van der Waals surface area contributed by atoms with Crippen molar-refractivity contribution in [1.29, 1.82) is 0 Å². The predicted octanol–water partition coefficient (Wildman–Crippen LogP) is 0.668. The Kier molecular flexibility index (Phi) is 4.66. The topological polar surface area (TPSA) is 110 Å². The molecular formula is C18H20FN5O4S. The second-order valence-electron chi connectivity index (χ2n) is 7.16. The Morgan fingerprint density at radius 3 is 2.31 bits per heavy atom. The van der Waals surface area contributed by atoms with E-state index < -0.39 is 27.1 Å². The molecule has 0 bridgehead atoms.